The van der Waals surface area contributed by atoms with E-state index < -0.39 is 10.0 Å². The van der Waals surface area contributed by atoms with Crippen LogP contribution >= 0.6 is 0 Å². The van der Waals surface area contributed by atoms with Crippen molar-refractivity contribution in [2.45, 2.75) is 30.6 Å². The molecule has 0 amide bonds. The van der Waals surface area contributed by atoms with Crippen LogP contribution in [0.1, 0.15) is 31.2 Å². The second-order valence-corrected chi connectivity index (χ2v) is 8.18. The molecule has 0 saturated carbocycles. The lowest BCUT2D eigenvalue weighted by Crippen LogP contribution is -2.22. The second-order valence-electron chi connectivity index (χ2n) is 6.52. The van der Waals surface area contributed by atoms with Crippen LogP contribution in [0.3, 0.4) is 0 Å². The molecule has 0 spiro atoms. The predicted octanol–water partition coefficient (Wildman–Crippen LogP) is 2.91. The van der Waals surface area contributed by atoms with Crippen molar-refractivity contribution in [3.8, 4) is 5.75 Å². The van der Waals surface area contributed by atoms with Gasteiger partial charge in [0.25, 0.3) is 10.0 Å². The number of hydrogen-bond donors (Lipinski definition) is 1. The SMILES string of the molecule is O=C(CCCCCN=C1NS(=O)(=O)c2ccccc21)OCCOc1ccccc1. The zero-order valence-corrected chi connectivity index (χ0v) is 16.9. The number of hydrogen-bond acceptors (Lipinski definition) is 6. The first-order valence-electron chi connectivity index (χ1n) is 9.56. The number of fused-ring (bicyclic) bond motifs is 1. The Hall–Kier alpha value is -2.87. The molecule has 154 valence electrons. The number of carbonyl (C=O) groups is 1. The van der Waals surface area contributed by atoms with E-state index in [2.05, 4.69) is 9.71 Å². The molecule has 1 heterocycles. The minimum absolute atomic E-state index is 0.223. The van der Waals surface area contributed by atoms with E-state index in [9.17, 15) is 13.2 Å². The predicted molar refractivity (Wildman–Crippen MR) is 110 cm³/mol. The van der Waals surface area contributed by atoms with Crippen LogP contribution in [-0.4, -0.2) is 40.0 Å². The summed E-state index contributed by atoms with van der Waals surface area (Å²) in [4.78, 5) is 16.3. The van der Waals surface area contributed by atoms with E-state index in [4.69, 9.17) is 9.47 Å². The molecule has 0 aliphatic carbocycles. The van der Waals surface area contributed by atoms with Gasteiger partial charge in [0, 0.05) is 18.5 Å². The summed E-state index contributed by atoms with van der Waals surface area (Å²) >= 11 is 0. The molecule has 0 atom stereocenters. The monoisotopic (exact) mass is 416 g/mol. The van der Waals surface area contributed by atoms with Crippen molar-refractivity contribution >= 4 is 21.8 Å². The number of carbonyl (C=O) groups excluding carboxylic acids is 1. The van der Waals surface area contributed by atoms with Crippen LogP contribution in [0.2, 0.25) is 0 Å². The summed E-state index contributed by atoms with van der Waals surface area (Å²) in [5, 5.41) is 0. The number of nitrogens with zero attached hydrogens (tertiary/aromatic N) is 1. The maximum absolute atomic E-state index is 12.0. The van der Waals surface area contributed by atoms with E-state index in [0.717, 1.165) is 18.6 Å². The van der Waals surface area contributed by atoms with Gasteiger partial charge in [0.05, 0.1) is 4.90 Å². The van der Waals surface area contributed by atoms with E-state index in [1.165, 1.54) is 0 Å². The van der Waals surface area contributed by atoms with E-state index in [1.807, 2.05) is 30.3 Å². The lowest BCUT2D eigenvalue weighted by Gasteiger charge is -2.07. The zero-order valence-electron chi connectivity index (χ0n) is 16.0. The number of amidine groups is 1. The molecule has 1 N–H and O–H groups in total. The van der Waals surface area contributed by atoms with Crippen LogP contribution in [0.25, 0.3) is 0 Å². The van der Waals surface area contributed by atoms with Crippen molar-refractivity contribution in [2.75, 3.05) is 19.8 Å². The lowest BCUT2D eigenvalue weighted by atomic mass is 10.2. The van der Waals surface area contributed by atoms with Crippen LogP contribution in [0, 0.1) is 0 Å². The van der Waals surface area contributed by atoms with Gasteiger partial charge in [0.2, 0.25) is 0 Å². The normalized spacial score (nSPS) is 15.5. The first-order chi connectivity index (χ1) is 14.1. The molecule has 0 aromatic heterocycles. The van der Waals surface area contributed by atoms with Crippen LogP contribution in [0.4, 0.5) is 0 Å². The van der Waals surface area contributed by atoms with Gasteiger partial charge in [0.1, 0.15) is 24.8 Å². The summed E-state index contributed by atoms with van der Waals surface area (Å²) in [6.45, 7) is 1.04. The molecule has 7 nitrogen and oxygen atoms in total. The third-order valence-electron chi connectivity index (χ3n) is 4.33. The molecular weight excluding hydrogens is 392 g/mol. The van der Waals surface area contributed by atoms with Gasteiger partial charge >= 0.3 is 5.97 Å². The third kappa shape index (κ3) is 6.05. The molecule has 3 rings (SSSR count). The summed E-state index contributed by atoms with van der Waals surface area (Å²) in [6, 6.07) is 16.1. The Morgan fingerprint density at radius 2 is 1.69 bits per heavy atom. The summed E-state index contributed by atoms with van der Waals surface area (Å²) < 4.78 is 37.1. The minimum atomic E-state index is -3.49. The molecule has 0 fully saturated rings. The van der Waals surface area contributed by atoms with E-state index in [-0.39, 0.29) is 17.5 Å². The van der Waals surface area contributed by atoms with Crippen LogP contribution in [0.5, 0.6) is 5.75 Å². The van der Waals surface area contributed by atoms with Gasteiger partial charge in [-0.3, -0.25) is 14.5 Å². The Morgan fingerprint density at radius 3 is 2.52 bits per heavy atom. The number of unbranched alkanes of at least 4 members (excludes halogenated alkanes) is 2. The number of nitrogens with one attached hydrogen (secondary N) is 1. The fraction of sp³-hybridized carbons (Fsp3) is 0.333. The Bertz CT molecular complexity index is 958. The van der Waals surface area contributed by atoms with Crippen molar-refractivity contribution in [2.24, 2.45) is 4.99 Å². The van der Waals surface area contributed by atoms with Gasteiger partial charge in [0.15, 0.2) is 0 Å². The fourth-order valence-electron chi connectivity index (χ4n) is 2.90. The van der Waals surface area contributed by atoms with Crippen molar-refractivity contribution in [1.29, 1.82) is 0 Å². The summed E-state index contributed by atoms with van der Waals surface area (Å²) in [6.07, 6.45) is 2.61. The number of aliphatic imine (C=N–C) groups is 1. The molecule has 0 bridgehead atoms. The Kier molecular flexibility index (Phi) is 7.24. The Morgan fingerprint density at radius 1 is 0.931 bits per heavy atom. The van der Waals surface area contributed by atoms with Gasteiger partial charge in [-0.1, -0.05) is 36.8 Å². The van der Waals surface area contributed by atoms with E-state index in [0.29, 0.717) is 37.4 Å². The number of rotatable bonds is 10. The molecule has 29 heavy (non-hydrogen) atoms. The molecule has 1 aliphatic heterocycles. The van der Waals surface area contributed by atoms with Gasteiger partial charge in [-0.15, -0.1) is 0 Å². The first-order valence-corrected chi connectivity index (χ1v) is 11.0. The highest BCUT2D eigenvalue weighted by molar-refractivity contribution is 7.90. The number of sulfonamides is 1. The highest BCUT2D eigenvalue weighted by Gasteiger charge is 2.29. The van der Waals surface area contributed by atoms with Gasteiger partial charge < -0.3 is 9.47 Å². The smallest absolute Gasteiger partial charge is 0.305 e. The van der Waals surface area contributed by atoms with Crippen molar-refractivity contribution in [3.63, 3.8) is 0 Å². The molecule has 8 heteroatoms. The van der Waals surface area contributed by atoms with Gasteiger partial charge in [-0.2, -0.15) is 0 Å². The average molecular weight is 416 g/mol. The number of esters is 1. The largest absolute Gasteiger partial charge is 0.490 e. The van der Waals surface area contributed by atoms with Crippen LogP contribution in [0.15, 0.2) is 64.5 Å². The Balaban J connectivity index is 1.28. The maximum atomic E-state index is 12.0. The van der Waals surface area contributed by atoms with Crippen LogP contribution < -0.4 is 9.46 Å². The van der Waals surface area contributed by atoms with Crippen molar-refractivity contribution in [3.05, 3.63) is 60.2 Å². The lowest BCUT2D eigenvalue weighted by molar-refractivity contribution is -0.144. The van der Waals surface area contributed by atoms with Gasteiger partial charge in [-0.25, -0.2) is 8.42 Å². The average Bonchev–Trinajstić information content (AvgIpc) is 2.99. The van der Waals surface area contributed by atoms with Gasteiger partial charge in [-0.05, 0) is 37.1 Å². The standard InChI is InChI=1S/C21H24N2O5S/c24-20(28-16-15-27-17-9-3-1-4-10-17)13-5-2-8-14-22-21-18-11-6-7-12-19(18)29(25,26)23-21/h1,3-4,6-7,9-12H,2,5,8,13-16H2,(H,22,23). The Labute approximate surface area is 170 Å². The van der Waals surface area contributed by atoms with Crippen molar-refractivity contribution in [1.82, 2.24) is 4.72 Å². The highest BCUT2D eigenvalue weighted by Crippen LogP contribution is 2.22. The summed E-state index contributed by atoms with van der Waals surface area (Å²) in [5.74, 6) is 0.890. The summed E-state index contributed by atoms with van der Waals surface area (Å²) in [7, 11) is -3.49. The van der Waals surface area contributed by atoms with Crippen LogP contribution in [-0.2, 0) is 19.6 Å². The molecule has 0 saturated heterocycles. The number of benzene rings is 2. The molecular formula is C21H24N2O5S. The zero-order chi connectivity index (χ0) is 20.5. The minimum Gasteiger partial charge on any atom is -0.490 e. The summed E-state index contributed by atoms with van der Waals surface area (Å²) in [5.41, 5.74) is 0.605. The molecule has 0 radical (unpaired) electrons. The molecule has 2 aromatic rings. The third-order valence-corrected chi connectivity index (χ3v) is 5.73. The van der Waals surface area contributed by atoms with E-state index >= 15 is 0 Å². The molecule has 0 unspecified atom stereocenters. The number of para-hydroxylation sites is 1. The topological polar surface area (TPSA) is 94.1 Å². The second kappa shape index (κ2) is 10.1. The fourth-order valence-corrected chi connectivity index (χ4v) is 4.15. The highest BCUT2D eigenvalue weighted by atomic mass is 32.2. The van der Waals surface area contributed by atoms with E-state index in [1.54, 1.807) is 24.3 Å². The quantitative estimate of drug-likeness (QED) is 0.475. The molecule has 2 aromatic carbocycles. The first kappa shape index (κ1) is 20.9. The molecule has 1 aliphatic rings. The maximum Gasteiger partial charge on any atom is 0.305 e. The number of ether oxygens (including phenoxy) is 2. The van der Waals surface area contributed by atoms with Crippen molar-refractivity contribution < 1.29 is 22.7 Å².